The molecule has 2 N–H and O–H groups in total. The van der Waals surface area contributed by atoms with Crippen LogP contribution in [0.4, 0.5) is 0 Å². The van der Waals surface area contributed by atoms with Gasteiger partial charge in [0.1, 0.15) is 0 Å². The van der Waals surface area contributed by atoms with E-state index in [2.05, 4.69) is 13.8 Å². The van der Waals surface area contributed by atoms with Crippen molar-refractivity contribution in [2.75, 3.05) is 19.6 Å². The van der Waals surface area contributed by atoms with E-state index in [1.165, 1.54) is 0 Å². The number of nitrogens with two attached hydrogens (primary N) is 1. The van der Waals surface area contributed by atoms with Crippen molar-refractivity contribution in [3.05, 3.63) is 0 Å². The summed E-state index contributed by atoms with van der Waals surface area (Å²) in [4.78, 5) is 0. The zero-order valence-electron chi connectivity index (χ0n) is 13.0. The molecule has 2 rings (SSSR count). The van der Waals surface area contributed by atoms with Crippen LogP contribution >= 0.6 is 0 Å². The molecule has 118 valence electrons. The van der Waals surface area contributed by atoms with Crippen LogP contribution in [0.3, 0.4) is 0 Å². The van der Waals surface area contributed by atoms with E-state index in [9.17, 15) is 8.42 Å². The van der Waals surface area contributed by atoms with Crippen molar-refractivity contribution >= 4 is 10.2 Å². The second-order valence-electron chi connectivity index (χ2n) is 6.63. The molecule has 2 aliphatic rings. The third kappa shape index (κ3) is 3.03. The zero-order valence-corrected chi connectivity index (χ0v) is 13.8. The zero-order chi connectivity index (χ0) is 14.9. The fraction of sp³-hybridized carbons (Fsp3) is 1.00. The predicted molar refractivity (Wildman–Crippen MR) is 81.4 cm³/mol. The van der Waals surface area contributed by atoms with E-state index in [1.807, 2.05) is 6.92 Å². The molecule has 0 aliphatic carbocycles. The Morgan fingerprint density at radius 3 is 2.50 bits per heavy atom. The lowest BCUT2D eigenvalue weighted by atomic mass is 9.88. The summed E-state index contributed by atoms with van der Waals surface area (Å²) in [7, 11) is -3.37. The van der Waals surface area contributed by atoms with Gasteiger partial charge in [-0.05, 0) is 38.0 Å². The largest absolute Gasteiger partial charge is 0.329 e. The van der Waals surface area contributed by atoms with Gasteiger partial charge >= 0.3 is 0 Å². The minimum absolute atomic E-state index is 0.0199. The van der Waals surface area contributed by atoms with Gasteiger partial charge in [0.2, 0.25) is 0 Å². The van der Waals surface area contributed by atoms with E-state index < -0.39 is 10.2 Å². The van der Waals surface area contributed by atoms with Crippen LogP contribution in [0.1, 0.15) is 46.5 Å². The lowest BCUT2D eigenvalue weighted by molar-refractivity contribution is 0.138. The molecule has 0 aromatic carbocycles. The van der Waals surface area contributed by atoms with Crippen molar-refractivity contribution in [2.45, 2.75) is 58.5 Å². The van der Waals surface area contributed by atoms with E-state index in [0.717, 1.165) is 25.7 Å². The minimum Gasteiger partial charge on any atom is -0.329 e. The summed E-state index contributed by atoms with van der Waals surface area (Å²) in [6, 6.07) is 0.0602. The normalized spacial score (nSPS) is 38.0. The van der Waals surface area contributed by atoms with Gasteiger partial charge in [0.15, 0.2) is 0 Å². The van der Waals surface area contributed by atoms with Gasteiger partial charge in [-0.15, -0.1) is 0 Å². The van der Waals surface area contributed by atoms with Crippen molar-refractivity contribution in [3.8, 4) is 0 Å². The maximum Gasteiger partial charge on any atom is 0.282 e. The van der Waals surface area contributed by atoms with Crippen LogP contribution in [0.15, 0.2) is 0 Å². The molecular weight excluding hydrogens is 274 g/mol. The molecule has 2 fully saturated rings. The van der Waals surface area contributed by atoms with Gasteiger partial charge in [0.05, 0.1) is 0 Å². The SMILES string of the molecule is CC1CC(C)C(C)N(S(=O)(=O)N2CCCCC2CN)C1. The first-order chi connectivity index (χ1) is 9.37. The van der Waals surface area contributed by atoms with Crippen molar-refractivity contribution < 1.29 is 8.42 Å². The van der Waals surface area contributed by atoms with E-state index in [1.54, 1.807) is 8.61 Å². The molecule has 0 amide bonds. The highest BCUT2D eigenvalue weighted by Crippen LogP contribution is 2.32. The summed E-state index contributed by atoms with van der Waals surface area (Å²) in [5, 5.41) is 0. The standard InChI is InChI=1S/C14H29N3O2S/c1-11-8-12(2)13(3)17(10-11)20(18,19)16-7-5-4-6-14(16)9-15/h11-14H,4-10,15H2,1-3H3. The summed E-state index contributed by atoms with van der Waals surface area (Å²) in [6.07, 6.45) is 4.02. The highest BCUT2D eigenvalue weighted by Gasteiger charge is 2.42. The highest BCUT2D eigenvalue weighted by molar-refractivity contribution is 7.86. The van der Waals surface area contributed by atoms with Crippen molar-refractivity contribution in [2.24, 2.45) is 17.6 Å². The number of hydrogen-bond acceptors (Lipinski definition) is 3. The van der Waals surface area contributed by atoms with Gasteiger partial charge in [0.25, 0.3) is 10.2 Å². The molecule has 0 bridgehead atoms. The Kier molecular flexibility index (Phi) is 5.10. The molecule has 0 radical (unpaired) electrons. The Bertz CT molecular complexity index is 426. The Hall–Kier alpha value is -0.170. The first-order valence-electron chi connectivity index (χ1n) is 7.86. The molecule has 4 unspecified atom stereocenters. The minimum atomic E-state index is -3.37. The highest BCUT2D eigenvalue weighted by atomic mass is 32.2. The third-order valence-corrected chi connectivity index (χ3v) is 7.13. The van der Waals surface area contributed by atoms with Crippen LogP contribution in [0.25, 0.3) is 0 Å². The molecule has 0 aromatic heterocycles. The van der Waals surface area contributed by atoms with E-state index in [-0.39, 0.29) is 12.1 Å². The van der Waals surface area contributed by atoms with Gasteiger partial charge in [-0.2, -0.15) is 17.0 Å². The fourth-order valence-corrected chi connectivity index (χ4v) is 5.88. The summed E-state index contributed by atoms with van der Waals surface area (Å²) >= 11 is 0. The maximum absolute atomic E-state index is 13.0. The molecule has 5 nitrogen and oxygen atoms in total. The summed E-state index contributed by atoms with van der Waals surface area (Å²) < 4.78 is 29.4. The van der Waals surface area contributed by atoms with Gasteiger partial charge < -0.3 is 5.73 Å². The van der Waals surface area contributed by atoms with Gasteiger partial charge in [-0.1, -0.05) is 20.3 Å². The second-order valence-corrected chi connectivity index (χ2v) is 8.47. The predicted octanol–water partition coefficient (Wildman–Crippen LogP) is 1.41. The van der Waals surface area contributed by atoms with Gasteiger partial charge in [-0.3, -0.25) is 0 Å². The van der Waals surface area contributed by atoms with Crippen LogP contribution in [0.2, 0.25) is 0 Å². The van der Waals surface area contributed by atoms with Crippen molar-refractivity contribution in [3.63, 3.8) is 0 Å². The fourth-order valence-electron chi connectivity index (χ4n) is 3.62. The van der Waals surface area contributed by atoms with Crippen molar-refractivity contribution in [1.82, 2.24) is 8.61 Å². The molecule has 20 heavy (non-hydrogen) atoms. The molecule has 6 heteroatoms. The Morgan fingerprint density at radius 2 is 1.85 bits per heavy atom. The average molecular weight is 303 g/mol. The lowest BCUT2D eigenvalue weighted by Gasteiger charge is -2.44. The second kappa shape index (κ2) is 6.30. The Morgan fingerprint density at radius 1 is 1.15 bits per heavy atom. The van der Waals surface area contributed by atoms with E-state index in [4.69, 9.17) is 5.73 Å². The maximum atomic E-state index is 13.0. The molecule has 2 heterocycles. The molecule has 0 aromatic rings. The number of hydrogen-bond donors (Lipinski definition) is 1. The summed E-state index contributed by atoms with van der Waals surface area (Å²) in [5.41, 5.74) is 5.78. The lowest BCUT2D eigenvalue weighted by Crippen LogP contribution is -2.58. The Balaban J connectivity index is 2.23. The molecule has 2 saturated heterocycles. The monoisotopic (exact) mass is 303 g/mol. The smallest absolute Gasteiger partial charge is 0.282 e. The van der Waals surface area contributed by atoms with Crippen molar-refractivity contribution in [1.29, 1.82) is 0 Å². The van der Waals surface area contributed by atoms with E-state index in [0.29, 0.717) is 31.5 Å². The van der Waals surface area contributed by atoms with Crippen LogP contribution in [-0.4, -0.2) is 48.7 Å². The van der Waals surface area contributed by atoms with Gasteiger partial charge in [-0.25, -0.2) is 0 Å². The average Bonchev–Trinajstić information content (AvgIpc) is 2.42. The molecule has 4 atom stereocenters. The molecular formula is C14H29N3O2S. The molecule has 0 saturated carbocycles. The number of rotatable bonds is 3. The van der Waals surface area contributed by atoms with Crippen LogP contribution in [-0.2, 0) is 10.2 Å². The van der Waals surface area contributed by atoms with Crippen LogP contribution in [0, 0.1) is 11.8 Å². The molecule has 0 spiro atoms. The Labute approximate surface area is 123 Å². The summed E-state index contributed by atoms with van der Waals surface area (Å²) in [6.45, 7) is 8.01. The quantitative estimate of drug-likeness (QED) is 0.857. The first kappa shape index (κ1) is 16.2. The van der Waals surface area contributed by atoms with Gasteiger partial charge in [0, 0.05) is 31.7 Å². The van der Waals surface area contributed by atoms with Crippen LogP contribution in [0.5, 0.6) is 0 Å². The number of piperidine rings is 2. The van der Waals surface area contributed by atoms with Crippen LogP contribution < -0.4 is 5.73 Å². The summed E-state index contributed by atoms with van der Waals surface area (Å²) in [5.74, 6) is 0.840. The molecule has 2 aliphatic heterocycles. The topological polar surface area (TPSA) is 66.6 Å². The number of nitrogens with zero attached hydrogens (tertiary/aromatic N) is 2. The first-order valence-corrected chi connectivity index (χ1v) is 9.26. The third-order valence-electron chi connectivity index (χ3n) is 4.98. The van der Waals surface area contributed by atoms with E-state index >= 15 is 0 Å².